The Morgan fingerprint density at radius 1 is 1.23 bits per heavy atom. The Labute approximate surface area is 174 Å². The minimum absolute atomic E-state index is 0.0534. The third-order valence-corrected chi connectivity index (χ3v) is 5.09. The first-order valence-corrected chi connectivity index (χ1v) is 10.0. The molecule has 1 aromatic carbocycles. The minimum Gasteiger partial charge on any atom is -0.494 e. The van der Waals surface area contributed by atoms with E-state index in [4.69, 9.17) is 4.74 Å². The molecule has 0 bridgehead atoms. The van der Waals surface area contributed by atoms with Gasteiger partial charge < -0.3 is 14.6 Å². The fourth-order valence-electron chi connectivity index (χ4n) is 3.52. The fourth-order valence-corrected chi connectivity index (χ4v) is 3.52. The van der Waals surface area contributed by atoms with E-state index in [0.717, 1.165) is 11.3 Å². The monoisotopic (exact) mass is 405 g/mol. The molecular weight excluding hydrogens is 382 g/mol. The van der Waals surface area contributed by atoms with E-state index in [1.165, 1.54) is 0 Å². The highest BCUT2D eigenvalue weighted by Gasteiger charge is 2.24. The number of hydrogen-bond donors (Lipinski definition) is 1. The molecule has 4 rings (SSSR count). The molecule has 3 aromatic rings. The van der Waals surface area contributed by atoms with E-state index < -0.39 is 0 Å². The van der Waals surface area contributed by atoms with E-state index in [0.29, 0.717) is 61.7 Å². The Balaban J connectivity index is 1.43. The molecule has 1 N–H and O–H groups in total. The number of benzene rings is 1. The molecule has 154 valence electrons. The van der Waals surface area contributed by atoms with Crippen molar-refractivity contribution in [3.05, 3.63) is 70.0 Å². The van der Waals surface area contributed by atoms with Crippen LogP contribution in [0.5, 0.6) is 5.75 Å². The summed E-state index contributed by atoms with van der Waals surface area (Å²) < 4.78 is 5.45. The highest BCUT2D eigenvalue weighted by atomic mass is 16.5. The minimum atomic E-state index is -0.179. The summed E-state index contributed by atoms with van der Waals surface area (Å²) >= 11 is 0. The van der Waals surface area contributed by atoms with E-state index in [9.17, 15) is 9.59 Å². The third-order valence-electron chi connectivity index (χ3n) is 5.09. The number of carbonyl (C=O) groups excluding carboxylic acids is 1. The Bertz CT molecular complexity index is 1080. The van der Waals surface area contributed by atoms with Gasteiger partial charge in [0.1, 0.15) is 11.4 Å². The van der Waals surface area contributed by atoms with Crippen molar-refractivity contribution < 1.29 is 9.53 Å². The standard InChI is InChI=1S/C22H23N5O3/c1-2-30-16-6-3-15(4-7-16)5-8-20(28)27-12-9-17-19(14-27)25-21(26-22(17)29)18-13-23-10-11-24-18/h3-4,6-7,10-11,13H,2,5,8-9,12,14H2,1H3,(H,25,26,29). The lowest BCUT2D eigenvalue weighted by Crippen LogP contribution is -2.39. The summed E-state index contributed by atoms with van der Waals surface area (Å²) in [4.78, 5) is 42.5. The van der Waals surface area contributed by atoms with Crippen LogP contribution < -0.4 is 10.3 Å². The van der Waals surface area contributed by atoms with Gasteiger partial charge in [0.15, 0.2) is 5.82 Å². The molecule has 0 spiro atoms. The predicted molar refractivity (Wildman–Crippen MR) is 111 cm³/mol. The average molecular weight is 405 g/mol. The summed E-state index contributed by atoms with van der Waals surface area (Å²) in [5, 5.41) is 0. The van der Waals surface area contributed by atoms with Crippen LogP contribution in [0.25, 0.3) is 11.5 Å². The molecule has 2 aromatic heterocycles. The third kappa shape index (κ3) is 4.37. The van der Waals surface area contributed by atoms with Crippen molar-refractivity contribution in [2.45, 2.75) is 32.7 Å². The topological polar surface area (TPSA) is 101 Å². The van der Waals surface area contributed by atoms with Gasteiger partial charge in [0, 0.05) is 30.9 Å². The van der Waals surface area contributed by atoms with Crippen LogP contribution in [-0.4, -0.2) is 43.9 Å². The second-order valence-corrected chi connectivity index (χ2v) is 7.07. The highest BCUT2D eigenvalue weighted by Crippen LogP contribution is 2.19. The van der Waals surface area contributed by atoms with Crippen LogP contribution in [0.1, 0.15) is 30.2 Å². The molecule has 0 unspecified atom stereocenters. The Hall–Kier alpha value is -3.55. The number of H-pyrrole nitrogens is 1. The largest absolute Gasteiger partial charge is 0.494 e. The van der Waals surface area contributed by atoms with E-state index in [-0.39, 0.29) is 11.5 Å². The number of aromatic amines is 1. The molecular formula is C22H23N5O3. The van der Waals surface area contributed by atoms with Gasteiger partial charge in [0.25, 0.3) is 5.56 Å². The first-order chi connectivity index (χ1) is 14.6. The maximum Gasteiger partial charge on any atom is 0.254 e. The lowest BCUT2D eigenvalue weighted by atomic mass is 10.0. The van der Waals surface area contributed by atoms with Gasteiger partial charge >= 0.3 is 0 Å². The molecule has 0 saturated heterocycles. The van der Waals surface area contributed by atoms with Gasteiger partial charge in [-0.3, -0.25) is 14.6 Å². The number of rotatable bonds is 6. The van der Waals surface area contributed by atoms with Crippen LogP contribution in [0.15, 0.2) is 47.7 Å². The van der Waals surface area contributed by atoms with Gasteiger partial charge in [-0.2, -0.15) is 0 Å². The van der Waals surface area contributed by atoms with Crippen LogP contribution in [0.2, 0.25) is 0 Å². The number of aromatic nitrogens is 4. The number of nitrogens with one attached hydrogen (secondary N) is 1. The smallest absolute Gasteiger partial charge is 0.254 e. The molecule has 0 fully saturated rings. The molecule has 1 aliphatic rings. The number of carbonyl (C=O) groups is 1. The summed E-state index contributed by atoms with van der Waals surface area (Å²) in [6.07, 6.45) is 6.21. The zero-order valence-corrected chi connectivity index (χ0v) is 16.8. The van der Waals surface area contributed by atoms with Crippen LogP contribution in [0.4, 0.5) is 0 Å². The number of amides is 1. The lowest BCUT2D eigenvalue weighted by molar-refractivity contribution is -0.132. The van der Waals surface area contributed by atoms with Crippen molar-refractivity contribution in [1.29, 1.82) is 0 Å². The quantitative estimate of drug-likeness (QED) is 0.674. The zero-order valence-electron chi connectivity index (χ0n) is 16.8. The second kappa shape index (κ2) is 8.86. The van der Waals surface area contributed by atoms with E-state index in [2.05, 4.69) is 19.9 Å². The molecule has 3 heterocycles. The molecule has 0 saturated carbocycles. The predicted octanol–water partition coefficient (Wildman–Crippen LogP) is 2.14. The Morgan fingerprint density at radius 2 is 2.07 bits per heavy atom. The summed E-state index contributed by atoms with van der Waals surface area (Å²) in [6.45, 7) is 3.42. The summed E-state index contributed by atoms with van der Waals surface area (Å²) in [5.41, 5.74) is 2.67. The summed E-state index contributed by atoms with van der Waals surface area (Å²) in [5.74, 6) is 1.25. The van der Waals surface area contributed by atoms with Crippen LogP contribution in [0, 0.1) is 0 Å². The average Bonchev–Trinajstić information content (AvgIpc) is 2.79. The number of ether oxygens (including phenoxy) is 1. The van der Waals surface area contributed by atoms with Crippen LogP contribution in [0.3, 0.4) is 0 Å². The number of fused-ring (bicyclic) bond motifs is 1. The molecule has 1 aliphatic heterocycles. The molecule has 1 amide bonds. The van der Waals surface area contributed by atoms with Gasteiger partial charge in [-0.25, -0.2) is 9.97 Å². The van der Waals surface area contributed by atoms with Gasteiger partial charge in [-0.05, 0) is 37.5 Å². The van der Waals surface area contributed by atoms with Crippen molar-refractivity contribution in [2.24, 2.45) is 0 Å². The van der Waals surface area contributed by atoms with Crippen LogP contribution >= 0.6 is 0 Å². The molecule has 30 heavy (non-hydrogen) atoms. The maximum absolute atomic E-state index is 12.8. The molecule has 0 atom stereocenters. The molecule has 0 radical (unpaired) electrons. The normalized spacial score (nSPS) is 13.0. The number of aryl methyl sites for hydroxylation is 1. The Kier molecular flexibility index (Phi) is 5.83. The van der Waals surface area contributed by atoms with Crippen LogP contribution in [-0.2, 0) is 24.2 Å². The van der Waals surface area contributed by atoms with Gasteiger partial charge in [-0.1, -0.05) is 12.1 Å². The van der Waals surface area contributed by atoms with E-state index in [1.54, 1.807) is 23.5 Å². The van der Waals surface area contributed by atoms with Gasteiger partial charge in [0.2, 0.25) is 5.91 Å². The lowest BCUT2D eigenvalue weighted by Gasteiger charge is -2.28. The van der Waals surface area contributed by atoms with Gasteiger partial charge in [0.05, 0.1) is 25.0 Å². The van der Waals surface area contributed by atoms with Crippen molar-refractivity contribution in [1.82, 2.24) is 24.8 Å². The molecule has 8 nitrogen and oxygen atoms in total. The van der Waals surface area contributed by atoms with E-state index in [1.807, 2.05) is 31.2 Å². The Morgan fingerprint density at radius 3 is 2.80 bits per heavy atom. The first-order valence-electron chi connectivity index (χ1n) is 10.0. The molecule has 8 heteroatoms. The van der Waals surface area contributed by atoms with Crippen molar-refractivity contribution in [3.8, 4) is 17.3 Å². The SMILES string of the molecule is CCOc1ccc(CCC(=O)N2CCc3c(nc(-c4cnccn4)[nH]c3=O)C2)cc1. The summed E-state index contributed by atoms with van der Waals surface area (Å²) in [7, 11) is 0. The molecule has 0 aliphatic carbocycles. The van der Waals surface area contributed by atoms with E-state index >= 15 is 0 Å². The second-order valence-electron chi connectivity index (χ2n) is 7.07. The number of nitrogens with zero attached hydrogens (tertiary/aromatic N) is 4. The number of hydrogen-bond acceptors (Lipinski definition) is 6. The van der Waals surface area contributed by atoms with Crippen molar-refractivity contribution >= 4 is 5.91 Å². The zero-order chi connectivity index (χ0) is 20.9. The van der Waals surface area contributed by atoms with Gasteiger partial charge in [-0.15, -0.1) is 0 Å². The summed E-state index contributed by atoms with van der Waals surface area (Å²) in [6, 6.07) is 7.81. The van der Waals surface area contributed by atoms with Crippen molar-refractivity contribution in [2.75, 3.05) is 13.2 Å². The van der Waals surface area contributed by atoms with Crippen molar-refractivity contribution in [3.63, 3.8) is 0 Å². The maximum atomic E-state index is 12.8. The first kappa shape index (κ1) is 19.8. The highest BCUT2D eigenvalue weighted by molar-refractivity contribution is 5.76. The fraction of sp³-hybridized carbons (Fsp3) is 0.318.